The third-order valence-corrected chi connectivity index (χ3v) is 5.39. The largest absolute Gasteiger partial charge is 0.478 e. The number of thiophene rings is 1. The average Bonchev–Trinajstić information content (AvgIpc) is 3.15. The Morgan fingerprint density at radius 3 is 2.87 bits per heavy atom. The summed E-state index contributed by atoms with van der Waals surface area (Å²) in [5.74, 6) is 0.440. The molecule has 1 aromatic carbocycles. The molecule has 0 radical (unpaired) electrons. The van der Waals surface area contributed by atoms with Gasteiger partial charge in [0, 0.05) is 16.3 Å². The first-order valence-corrected chi connectivity index (χ1v) is 8.55. The highest BCUT2D eigenvalue weighted by molar-refractivity contribution is 7.16. The van der Waals surface area contributed by atoms with Gasteiger partial charge in [-0.2, -0.15) is 0 Å². The zero-order chi connectivity index (χ0) is 16.1. The molecule has 2 atom stereocenters. The Hall–Kier alpha value is -1.98. The van der Waals surface area contributed by atoms with Gasteiger partial charge in [0.2, 0.25) is 0 Å². The molecule has 0 amide bonds. The van der Waals surface area contributed by atoms with Gasteiger partial charge in [-0.15, -0.1) is 11.3 Å². The first-order valence-electron chi connectivity index (χ1n) is 7.29. The number of hydrogen-bond acceptors (Lipinski definition) is 4. The van der Waals surface area contributed by atoms with Gasteiger partial charge >= 0.3 is 5.97 Å². The molecule has 1 N–H and O–H groups in total. The van der Waals surface area contributed by atoms with Crippen molar-refractivity contribution >= 4 is 39.1 Å². The summed E-state index contributed by atoms with van der Waals surface area (Å²) in [5, 5.41) is 12.7. The number of aromatic nitrogens is 2. The predicted octanol–water partition coefficient (Wildman–Crippen LogP) is 4.62. The van der Waals surface area contributed by atoms with Crippen LogP contribution < -0.4 is 0 Å². The zero-order valence-electron chi connectivity index (χ0n) is 12.3. The molecule has 1 saturated carbocycles. The molecule has 6 heteroatoms. The second-order valence-corrected chi connectivity index (χ2v) is 7.09. The van der Waals surface area contributed by atoms with Gasteiger partial charge in [0.05, 0.1) is 11.3 Å². The molecule has 0 aliphatic heterocycles. The summed E-state index contributed by atoms with van der Waals surface area (Å²) in [4.78, 5) is 21.1. The van der Waals surface area contributed by atoms with Crippen LogP contribution in [0.5, 0.6) is 0 Å². The second-order valence-electron chi connectivity index (χ2n) is 5.79. The van der Waals surface area contributed by atoms with Crippen molar-refractivity contribution in [1.29, 1.82) is 0 Å². The molecule has 2 aromatic heterocycles. The van der Waals surface area contributed by atoms with Crippen LogP contribution in [0.15, 0.2) is 29.6 Å². The number of aryl methyl sites for hydroxylation is 1. The lowest BCUT2D eigenvalue weighted by atomic mass is 10.0. The molecular formula is C17H13ClN2O2S. The monoisotopic (exact) mass is 344 g/mol. The van der Waals surface area contributed by atoms with E-state index in [9.17, 15) is 4.79 Å². The standard InChI is InChI=1S/C17H13ClN2O2S/c1-8-19-15(11-4-5-23-16(11)20-8)13-7-12(13)10-3-2-9(17(21)22)6-14(10)18/h2-6,12-13H,7H2,1H3,(H,21,22)/t12-,13+/m0/s1. The Balaban J connectivity index is 1.70. The molecule has 23 heavy (non-hydrogen) atoms. The third kappa shape index (κ3) is 2.50. The number of carboxylic acid groups (broad SMARTS) is 1. The maximum Gasteiger partial charge on any atom is 0.335 e. The van der Waals surface area contributed by atoms with E-state index in [1.54, 1.807) is 17.4 Å². The molecule has 2 heterocycles. The van der Waals surface area contributed by atoms with Gasteiger partial charge in [0.25, 0.3) is 0 Å². The van der Waals surface area contributed by atoms with Gasteiger partial charge < -0.3 is 5.11 Å². The van der Waals surface area contributed by atoms with E-state index in [0.717, 1.165) is 33.7 Å². The van der Waals surface area contributed by atoms with Crippen LogP contribution in [0, 0.1) is 6.92 Å². The lowest BCUT2D eigenvalue weighted by Crippen LogP contribution is -1.98. The summed E-state index contributed by atoms with van der Waals surface area (Å²) in [7, 11) is 0. The van der Waals surface area contributed by atoms with Crippen LogP contribution in [0.25, 0.3) is 10.2 Å². The number of benzene rings is 1. The zero-order valence-corrected chi connectivity index (χ0v) is 13.9. The van der Waals surface area contributed by atoms with Crippen molar-refractivity contribution < 1.29 is 9.90 Å². The van der Waals surface area contributed by atoms with Gasteiger partial charge in [0.1, 0.15) is 10.7 Å². The quantitative estimate of drug-likeness (QED) is 0.752. The van der Waals surface area contributed by atoms with Crippen LogP contribution in [0.1, 0.15) is 45.7 Å². The number of hydrogen-bond donors (Lipinski definition) is 1. The normalized spacial score (nSPS) is 19.9. The second kappa shape index (κ2) is 5.28. The first kappa shape index (κ1) is 14.6. The summed E-state index contributed by atoms with van der Waals surface area (Å²) >= 11 is 7.92. The van der Waals surface area contributed by atoms with Gasteiger partial charge in [-0.25, -0.2) is 14.8 Å². The number of carbonyl (C=O) groups is 1. The summed E-state index contributed by atoms with van der Waals surface area (Å²) in [6, 6.07) is 7.04. The molecule has 0 bridgehead atoms. The van der Waals surface area contributed by atoms with Crippen LogP contribution in [0.2, 0.25) is 5.02 Å². The third-order valence-electron chi connectivity index (χ3n) is 4.25. The highest BCUT2D eigenvalue weighted by Crippen LogP contribution is 2.56. The van der Waals surface area contributed by atoms with Crippen molar-refractivity contribution in [3.63, 3.8) is 0 Å². The van der Waals surface area contributed by atoms with E-state index in [-0.39, 0.29) is 5.56 Å². The van der Waals surface area contributed by atoms with Crippen LogP contribution >= 0.6 is 22.9 Å². The van der Waals surface area contributed by atoms with E-state index in [1.165, 1.54) is 6.07 Å². The Bertz CT molecular complexity index is 937. The van der Waals surface area contributed by atoms with Crippen molar-refractivity contribution in [3.05, 3.63) is 57.3 Å². The van der Waals surface area contributed by atoms with Crippen molar-refractivity contribution in [3.8, 4) is 0 Å². The molecule has 116 valence electrons. The summed E-state index contributed by atoms with van der Waals surface area (Å²) in [6.07, 6.45) is 0.980. The average molecular weight is 345 g/mol. The minimum absolute atomic E-state index is 0.217. The molecule has 1 aliphatic carbocycles. The number of fused-ring (bicyclic) bond motifs is 1. The molecule has 0 spiro atoms. The fourth-order valence-corrected chi connectivity index (χ4v) is 4.21. The molecule has 1 aliphatic rings. The van der Waals surface area contributed by atoms with Gasteiger partial charge in [-0.3, -0.25) is 0 Å². The first-order chi connectivity index (χ1) is 11.0. The molecule has 3 aromatic rings. The Labute approximate surface area is 141 Å². The minimum Gasteiger partial charge on any atom is -0.478 e. The molecule has 1 fully saturated rings. The number of rotatable bonds is 3. The van der Waals surface area contributed by atoms with Crippen LogP contribution in [-0.2, 0) is 0 Å². The van der Waals surface area contributed by atoms with E-state index in [2.05, 4.69) is 16.0 Å². The van der Waals surface area contributed by atoms with Gasteiger partial charge in [-0.05, 0) is 48.4 Å². The maximum atomic E-state index is 11.0. The van der Waals surface area contributed by atoms with Crippen LogP contribution in [-0.4, -0.2) is 21.0 Å². The molecule has 4 rings (SSSR count). The van der Waals surface area contributed by atoms with Gasteiger partial charge in [-0.1, -0.05) is 17.7 Å². The molecule has 4 nitrogen and oxygen atoms in total. The maximum absolute atomic E-state index is 11.0. The van der Waals surface area contributed by atoms with E-state index in [1.807, 2.05) is 18.4 Å². The smallest absolute Gasteiger partial charge is 0.335 e. The highest BCUT2D eigenvalue weighted by Gasteiger charge is 2.43. The highest BCUT2D eigenvalue weighted by atomic mass is 35.5. The van der Waals surface area contributed by atoms with Crippen molar-refractivity contribution in [1.82, 2.24) is 9.97 Å². The summed E-state index contributed by atoms with van der Waals surface area (Å²) in [6.45, 7) is 1.91. The molecular weight excluding hydrogens is 332 g/mol. The Morgan fingerprint density at radius 1 is 1.30 bits per heavy atom. The Kier molecular flexibility index (Phi) is 3.36. The van der Waals surface area contributed by atoms with Crippen LogP contribution in [0.3, 0.4) is 0 Å². The van der Waals surface area contributed by atoms with Crippen molar-refractivity contribution in [2.24, 2.45) is 0 Å². The van der Waals surface area contributed by atoms with Gasteiger partial charge in [0.15, 0.2) is 0 Å². The van der Waals surface area contributed by atoms with Crippen LogP contribution in [0.4, 0.5) is 0 Å². The molecule has 0 unspecified atom stereocenters. The SMILES string of the molecule is Cc1nc([C@@H]2C[C@H]2c2ccc(C(=O)O)cc2Cl)c2ccsc2n1. The predicted molar refractivity (Wildman–Crippen MR) is 90.7 cm³/mol. The fraction of sp³-hybridized carbons (Fsp3) is 0.235. The van der Waals surface area contributed by atoms with Crippen molar-refractivity contribution in [2.75, 3.05) is 0 Å². The lowest BCUT2D eigenvalue weighted by molar-refractivity contribution is 0.0697. The number of halogens is 1. The van der Waals surface area contributed by atoms with Crippen molar-refractivity contribution in [2.45, 2.75) is 25.2 Å². The van der Waals surface area contributed by atoms with E-state index < -0.39 is 5.97 Å². The Morgan fingerprint density at radius 2 is 2.13 bits per heavy atom. The topological polar surface area (TPSA) is 63.1 Å². The summed E-state index contributed by atoms with van der Waals surface area (Å²) in [5.41, 5.74) is 2.30. The number of carboxylic acids is 1. The molecule has 0 saturated heterocycles. The van der Waals surface area contributed by atoms with E-state index in [0.29, 0.717) is 16.9 Å². The summed E-state index contributed by atoms with van der Waals surface area (Å²) < 4.78 is 0. The lowest BCUT2D eigenvalue weighted by Gasteiger charge is -2.06. The van der Waals surface area contributed by atoms with E-state index >= 15 is 0 Å². The van der Waals surface area contributed by atoms with E-state index in [4.69, 9.17) is 16.7 Å². The number of nitrogens with zero attached hydrogens (tertiary/aromatic N) is 2. The fourth-order valence-electron chi connectivity index (χ4n) is 3.07. The number of aromatic carboxylic acids is 1. The minimum atomic E-state index is -0.961.